The van der Waals surface area contributed by atoms with Gasteiger partial charge in [-0.25, -0.2) is 0 Å². The predicted molar refractivity (Wildman–Crippen MR) is 151 cm³/mol. The normalized spacial score (nSPS) is 13.5. The summed E-state index contributed by atoms with van der Waals surface area (Å²) in [5.41, 5.74) is 1.65. The summed E-state index contributed by atoms with van der Waals surface area (Å²) in [6, 6.07) is 9.69. The van der Waals surface area contributed by atoms with Crippen molar-refractivity contribution in [2.24, 2.45) is 5.92 Å². The Balaban J connectivity index is 1.53. The number of carbonyl (C=O) groups is 1. The van der Waals surface area contributed by atoms with Crippen molar-refractivity contribution in [3.8, 4) is 23.0 Å². The topological polar surface area (TPSA) is 102 Å². The van der Waals surface area contributed by atoms with E-state index in [9.17, 15) is 18.8 Å². The van der Waals surface area contributed by atoms with Crippen LogP contribution in [0.5, 0.6) is 23.0 Å². The number of halogens is 4. The van der Waals surface area contributed by atoms with Gasteiger partial charge >= 0.3 is 12.6 Å². The Kier molecular flexibility index (Phi) is 10.9. The summed E-state index contributed by atoms with van der Waals surface area (Å²) in [4.78, 5) is 13.0. The first-order valence-corrected chi connectivity index (χ1v) is 13.8. The van der Waals surface area contributed by atoms with Crippen LogP contribution in [-0.2, 0) is 22.5 Å². The SMILES string of the molecule is COc1ccc(CNCC(=O)O[C@@H](Cc2c(Cl)c[n+]([O-])cc2Cl)c2ccc(OC(F)F)c(OCC3CC3)c2)cc1OC. The molecule has 3 aromatic rings. The standard InChI is InChI=1S/C29H30Cl2F2N2O7/c1-38-23-7-5-18(9-26(23)39-2)12-34-13-28(36)41-25(11-20-21(30)14-35(37)15-22(20)31)19-6-8-24(42-29(32)33)27(10-19)40-16-17-3-4-17/h5-10,14-15,17,25,29,34H,3-4,11-13,16H2,1-2H3/t25-/m0/s1. The zero-order valence-corrected chi connectivity index (χ0v) is 24.4. The molecule has 0 bridgehead atoms. The minimum Gasteiger partial charge on any atom is -0.619 e. The van der Waals surface area contributed by atoms with E-state index >= 15 is 0 Å². The molecule has 1 saturated carbocycles. The summed E-state index contributed by atoms with van der Waals surface area (Å²) < 4.78 is 53.4. The second-order valence-corrected chi connectivity index (χ2v) is 10.4. The number of hydrogen-bond donors (Lipinski definition) is 1. The minimum absolute atomic E-state index is 0.00294. The molecule has 4 rings (SSSR count). The first-order chi connectivity index (χ1) is 20.2. The van der Waals surface area contributed by atoms with Gasteiger partial charge in [-0.3, -0.25) is 4.79 Å². The van der Waals surface area contributed by atoms with Crippen LogP contribution in [0.4, 0.5) is 8.78 Å². The van der Waals surface area contributed by atoms with E-state index in [2.05, 4.69) is 10.1 Å². The molecule has 0 radical (unpaired) electrons. The maximum absolute atomic E-state index is 13.0. The van der Waals surface area contributed by atoms with Crippen molar-refractivity contribution >= 4 is 29.2 Å². The van der Waals surface area contributed by atoms with Crippen LogP contribution in [0.2, 0.25) is 10.0 Å². The third kappa shape index (κ3) is 8.73. The highest BCUT2D eigenvalue weighted by molar-refractivity contribution is 6.35. The van der Waals surface area contributed by atoms with E-state index in [-0.39, 0.29) is 34.5 Å². The van der Waals surface area contributed by atoms with Gasteiger partial charge in [0.2, 0.25) is 0 Å². The Bertz CT molecular complexity index is 1370. The van der Waals surface area contributed by atoms with Crippen molar-refractivity contribution in [3.63, 3.8) is 0 Å². The van der Waals surface area contributed by atoms with Gasteiger partial charge in [-0.15, -0.1) is 0 Å². The monoisotopic (exact) mass is 626 g/mol. The van der Waals surface area contributed by atoms with Crippen LogP contribution in [0.25, 0.3) is 0 Å². The maximum Gasteiger partial charge on any atom is 0.387 e. The van der Waals surface area contributed by atoms with Crippen molar-refractivity contribution in [1.82, 2.24) is 5.32 Å². The third-order valence-electron chi connectivity index (χ3n) is 6.49. The van der Waals surface area contributed by atoms with Gasteiger partial charge in [-0.05, 0) is 54.2 Å². The molecule has 42 heavy (non-hydrogen) atoms. The number of benzene rings is 2. The molecule has 1 aliphatic rings. The first-order valence-electron chi connectivity index (χ1n) is 13.1. The molecule has 226 valence electrons. The zero-order valence-electron chi connectivity index (χ0n) is 22.9. The molecule has 2 aromatic carbocycles. The smallest absolute Gasteiger partial charge is 0.387 e. The van der Waals surface area contributed by atoms with Crippen molar-refractivity contribution in [2.45, 2.75) is 38.5 Å². The number of pyridine rings is 1. The number of hydrogen-bond acceptors (Lipinski definition) is 8. The summed E-state index contributed by atoms with van der Waals surface area (Å²) in [6.45, 7) is -2.53. The fraction of sp³-hybridized carbons (Fsp3) is 0.379. The van der Waals surface area contributed by atoms with Gasteiger partial charge in [-0.1, -0.05) is 35.3 Å². The average molecular weight is 627 g/mol. The van der Waals surface area contributed by atoms with Crippen molar-refractivity contribution in [1.29, 1.82) is 0 Å². The number of methoxy groups -OCH3 is 2. The molecule has 9 nitrogen and oxygen atoms in total. The van der Waals surface area contributed by atoms with E-state index in [1.54, 1.807) is 12.1 Å². The molecule has 1 aromatic heterocycles. The Morgan fingerprint density at radius 3 is 2.36 bits per heavy atom. The minimum atomic E-state index is -3.05. The lowest BCUT2D eigenvalue weighted by atomic mass is 10.0. The van der Waals surface area contributed by atoms with E-state index in [4.69, 9.17) is 42.1 Å². The first kappa shape index (κ1) is 31.4. The zero-order chi connectivity index (χ0) is 30.2. The molecule has 1 heterocycles. The maximum atomic E-state index is 13.0. The molecule has 1 fully saturated rings. The number of nitrogens with zero attached hydrogens (tertiary/aromatic N) is 1. The van der Waals surface area contributed by atoms with Gasteiger partial charge in [-0.2, -0.15) is 13.5 Å². The number of esters is 1. The number of ether oxygens (including phenoxy) is 5. The van der Waals surface area contributed by atoms with Gasteiger partial charge in [0, 0.05) is 18.5 Å². The molecule has 0 aliphatic heterocycles. The van der Waals surface area contributed by atoms with E-state index in [1.807, 2.05) is 6.07 Å². The van der Waals surface area contributed by atoms with Gasteiger partial charge in [0.05, 0.1) is 27.4 Å². The summed E-state index contributed by atoms with van der Waals surface area (Å²) in [5, 5.41) is 14.9. The van der Waals surface area contributed by atoms with Crippen LogP contribution >= 0.6 is 23.2 Å². The molecule has 0 unspecified atom stereocenters. The van der Waals surface area contributed by atoms with Gasteiger partial charge in [0.25, 0.3) is 0 Å². The summed E-state index contributed by atoms with van der Waals surface area (Å²) in [6.07, 6.45) is 3.29. The van der Waals surface area contributed by atoms with Crippen LogP contribution in [0.15, 0.2) is 48.8 Å². The third-order valence-corrected chi connectivity index (χ3v) is 7.15. The summed E-state index contributed by atoms with van der Waals surface area (Å²) in [7, 11) is 3.07. The second-order valence-electron chi connectivity index (χ2n) is 9.61. The summed E-state index contributed by atoms with van der Waals surface area (Å²) in [5.74, 6) is 0.827. The van der Waals surface area contributed by atoms with Gasteiger partial charge < -0.3 is 34.2 Å². The number of rotatable bonds is 15. The van der Waals surface area contributed by atoms with Crippen LogP contribution < -0.4 is 29.0 Å². The Morgan fingerprint density at radius 1 is 1.02 bits per heavy atom. The second kappa shape index (κ2) is 14.6. The predicted octanol–water partition coefficient (Wildman–Crippen LogP) is 5.65. The van der Waals surface area contributed by atoms with E-state index < -0.39 is 18.7 Å². The van der Waals surface area contributed by atoms with E-state index in [0.717, 1.165) is 30.8 Å². The Hall–Kier alpha value is -3.54. The van der Waals surface area contributed by atoms with E-state index in [0.29, 0.717) is 46.4 Å². The lowest BCUT2D eigenvalue weighted by molar-refractivity contribution is -0.605. The van der Waals surface area contributed by atoms with Crippen LogP contribution in [0, 0.1) is 11.1 Å². The highest BCUT2D eigenvalue weighted by Crippen LogP contribution is 2.38. The van der Waals surface area contributed by atoms with Crippen molar-refractivity contribution < 1.29 is 42.0 Å². The lowest BCUT2D eigenvalue weighted by Crippen LogP contribution is -2.27. The molecule has 0 spiro atoms. The molecular formula is C29H30Cl2F2N2O7. The number of aromatic nitrogens is 1. The number of carbonyl (C=O) groups excluding carboxylic acids is 1. The van der Waals surface area contributed by atoms with Gasteiger partial charge in [0.15, 0.2) is 35.4 Å². The molecule has 1 N–H and O–H groups in total. The Labute approximate surface area is 251 Å². The molecule has 0 amide bonds. The van der Waals surface area contributed by atoms with Crippen LogP contribution in [0.3, 0.4) is 0 Å². The van der Waals surface area contributed by atoms with Gasteiger partial charge in [0.1, 0.15) is 16.1 Å². The van der Waals surface area contributed by atoms with Crippen LogP contribution in [0.1, 0.15) is 35.6 Å². The summed E-state index contributed by atoms with van der Waals surface area (Å²) >= 11 is 12.6. The number of nitrogens with one attached hydrogen (secondary N) is 1. The Morgan fingerprint density at radius 2 is 1.71 bits per heavy atom. The molecular weight excluding hydrogens is 597 g/mol. The van der Waals surface area contributed by atoms with Crippen molar-refractivity contribution in [3.05, 3.63) is 80.7 Å². The van der Waals surface area contributed by atoms with Crippen LogP contribution in [-0.4, -0.2) is 40.0 Å². The van der Waals surface area contributed by atoms with Crippen molar-refractivity contribution in [2.75, 3.05) is 27.4 Å². The quantitative estimate of drug-likeness (QED) is 0.131. The number of alkyl halides is 2. The van der Waals surface area contributed by atoms with E-state index in [1.165, 1.54) is 32.4 Å². The highest BCUT2D eigenvalue weighted by atomic mass is 35.5. The molecule has 0 saturated heterocycles. The highest BCUT2D eigenvalue weighted by Gasteiger charge is 2.26. The molecule has 1 atom stereocenters. The molecule has 13 heteroatoms. The molecule has 1 aliphatic carbocycles. The average Bonchev–Trinajstić information content (AvgIpc) is 3.78. The largest absolute Gasteiger partial charge is 0.619 e. The fourth-order valence-electron chi connectivity index (χ4n) is 4.16. The fourth-order valence-corrected chi connectivity index (χ4v) is 4.76. The lowest BCUT2D eigenvalue weighted by Gasteiger charge is -2.21.